The molecule has 2 nitrogen and oxygen atoms in total. The van der Waals surface area contributed by atoms with Gasteiger partial charge >= 0.3 is 5.97 Å². The molecule has 0 aliphatic rings. The maximum absolute atomic E-state index is 10.8. The van der Waals surface area contributed by atoms with Crippen molar-refractivity contribution in [2.75, 3.05) is 0 Å². The average molecular weight is 249 g/mol. The van der Waals surface area contributed by atoms with Crippen LogP contribution >= 0.6 is 27.3 Å². The number of hydrogen-bond acceptors (Lipinski definition) is 2. The average Bonchev–Trinajstić information content (AvgIpc) is 2.38. The number of thiophene rings is 1. The van der Waals surface area contributed by atoms with E-state index in [9.17, 15) is 4.79 Å². The number of carboxylic acid groups (broad SMARTS) is 1. The third-order valence-electron chi connectivity index (χ3n) is 1.72. The van der Waals surface area contributed by atoms with Crippen molar-refractivity contribution in [1.29, 1.82) is 0 Å². The summed E-state index contributed by atoms with van der Waals surface area (Å²) in [5.74, 6) is -1.12. The lowest BCUT2D eigenvalue weighted by molar-refractivity contribution is -0.138. The predicted octanol–water partition coefficient (Wildman–Crippen LogP) is 3.09. The molecule has 1 aromatic rings. The summed E-state index contributed by atoms with van der Waals surface area (Å²) in [5, 5.41) is 12.6. The molecule has 0 amide bonds. The van der Waals surface area contributed by atoms with Crippen LogP contribution in [0.4, 0.5) is 0 Å². The topological polar surface area (TPSA) is 37.3 Å². The first-order valence-electron chi connectivity index (χ1n) is 3.61. The zero-order valence-electron chi connectivity index (χ0n) is 6.58. The van der Waals surface area contributed by atoms with Gasteiger partial charge in [-0.1, -0.05) is 6.92 Å². The third-order valence-corrected chi connectivity index (χ3v) is 3.48. The molecule has 4 heteroatoms. The minimum atomic E-state index is -0.753. The maximum atomic E-state index is 10.8. The Morgan fingerprint density at radius 2 is 2.42 bits per heavy atom. The van der Waals surface area contributed by atoms with E-state index in [1.807, 2.05) is 17.7 Å². The summed E-state index contributed by atoms with van der Waals surface area (Å²) < 4.78 is 0.904. The highest BCUT2D eigenvalue weighted by molar-refractivity contribution is 9.10. The molecule has 1 aromatic heterocycles. The van der Waals surface area contributed by atoms with Crippen LogP contribution in [0.3, 0.4) is 0 Å². The molecule has 1 heterocycles. The van der Waals surface area contributed by atoms with Gasteiger partial charge in [-0.25, -0.2) is 0 Å². The summed E-state index contributed by atoms with van der Waals surface area (Å²) in [6.45, 7) is 1.88. The lowest BCUT2D eigenvalue weighted by atomic mass is 10.0. The van der Waals surface area contributed by atoms with Crippen LogP contribution in [0.2, 0.25) is 0 Å². The van der Waals surface area contributed by atoms with Gasteiger partial charge in [0.25, 0.3) is 0 Å². The van der Waals surface area contributed by atoms with Gasteiger partial charge in [0, 0.05) is 9.85 Å². The summed E-state index contributed by atoms with van der Waals surface area (Å²) in [5.41, 5.74) is 0.884. The summed E-state index contributed by atoms with van der Waals surface area (Å²) in [6, 6.07) is 0. The van der Waals surface area contributed by atoms with E-state index in [0.717, 1.165) is 10.0 Å². The Labute approximate surface area is 83.4 Å². The first-order valence-corrected chi connectivity index (χ1v) is 5.34. The van der Waals surface area contributed by atoms with Gasteiger partial charge in [0.05, 0.1) is 5.92 Å². The fraction of sp³-hybridized carbons (Fsp3) is 0.375. The van der Waals surface area contributed by atoms with Crippen molar-refractivity contribution in [2.24, 2.45) is 0 Å². The summed E-state index contributed by atoms with van der Waals surface area (Å²) in [4.78, 5) is 10.8. The third kappa shape index (κ3) is 1.87. The van der Waals surface area contributed by atoms with Crippen LogP contribution in [0.15, 0.2) is 15.2 Å². The minimum Gasteiger partial charge on any atom is -0.481 e. The Hall–Kier alpha value is -0.350. The van der Waals surface area contributed by atoms with Crippen molar-refractivity contribution in [3.05, 3.63) is 20.8 Å². The normalized spacial score (nSPS) is 12.8. The highest BCUT2D eigenvalue weighted by atomic mass is 79.9. The van der Waals surface area contributed by atoms with E-state index in [1.54, 1.807) is 0 Å². The summed E-state index contributed by atoms with van der Waals surface area (Å²) in [7, 11) is 0. The molecule has 0 spiro atoms. The Balaban J connectivity index is 2.94. The number of aliphatic carboxylic acids is 1. The van der Waals surface area contributed by atoms with Crippen molar-refractivity contribution in [2.45, 2.75) is 19.3 Å². The van der Waals surface area contributed by atoms with Crippen molar-refractivity contribution in [1.82, 2.24) is 0 Å². The molecule has 0 aliphatic heterocycles. The summed E-state index contributed by atoms with van der Waals surface area (Å²) in [6.07, 6.45) is 0.630. The van der Waals surface area contributed by atoms with Crippen LogP contribution < -0.4 is 0 Å². The first-order chi connectivity index (χ1) is 5.66. The van der Waals surface area contributed by atoms with Crippen LogP contribution in [0, 0.1) is 0 Å². The van der Waals surface area contributed by atoms with E-state index in [1.165, 1.54) is 11.3 Å². The molecule has 0 aromatic carbocycles. The minimum absolute atomic E-state index is 0.370. The van der Waals surface area contributed by atoms with Gasteiger partial charge in [-0.3, -0.25) is 4.79 Å². The van der Waals surface area contributed by atoms with Gasteiger partial charge < -0.3 is 5.11 Å². The molecule has 0 saturated carbocycles. The fourth-order valence-corrected chi connectivity index (χ4v) is 2.70. The van der Waals surface area contributed by atoms with Crippen LogP contribution in [0.1, 0.15) is 24.8 Å². The molecule has 66 valence electrons. The Morgan fingerprint density at radius 3 is 2.75 bits per heavy atom. The SMILES string of the molecule is CCC(C(=O)O)c1cscc1Br. The molecular formula is C8H9BrO2S. The monoisotopic (exact) mass is 248 g/mol. The molecule has 12 heavy (non-hydrogen) atoms. The molecular weight excluding hydrogens is 240 g/mol. The van der Waals surface area contributed by atoms with Gasteiger partial charge in [-0.15, -0.1) is 0 Å². The fourth-order valence-electron chi connectivity index (χ4n) is 1.07. The first kappa shape index (κ1) is 9.74. The molecule has 0 bridgehead atoms. The highest BCUT2D eigenvalue weighted by Gasteiger charge is 2.20. The quantitative estimate of drug-likeness (QED) is 0.893. The Kier molecular flexibility index (Phi) is 3.29. The van der Waals surface area contributed by atoms with E-state index in [-0.39, 0.29) is 5.92 Å². The van der Waals surface area contributed by atoms with Crippen molar-refractivity contribution < 1.29 is 9.90 Å². The lowest BCUT2D eigenvalue weighted by Crippen LogP contribution is -2.09. The number of carboxylic acids is 1. The molecule has 1 unspecified atom stereocenters. The van der Waals surface area contributed by atoms with Crippen LogP contribution in [-0.4, -0.2) is 11.1 Å². The van der Waals surface area contributed by atoms with E-state index in [4.69, 9.17) is 5.11 Å². The van der Waals surface area contributed by atoms with Crippen LogP contribution in [0.5, 0.6) is 0 Å². The number of halogens is 1. The molecule has 1 N–H and O–H groups in total. The molecule has 0 aliphatic carbocycles. The molecule has 1 atom stereocenters. The highest BCUT2D eigenvalue weighted by Crippen LogP contribution is 2.30. The van der Waals surface area contributed by atoms with Crippen LogP contribution in [0.25, 0.3) is 0 Å². The number of hydrogen-bond donors (Lipinski definition) is 1. The largest absolute Gasteiger partial charge is 0.481 e. The van der Waals surface area contributed by atoms with Gasteiger partial charge in [-0.05, 0) is 33.3 Å². The lowest BCUT2D eigenvalue weighted by Gasteiger charge is -2.07. The maximum Gasteiger partial charge on any atom is 0.311 e. The molecule has 1 rings (SSSR count). The summed E-state index contributed by atoms with van der Waals surface area (Å²) >= 11 is 4.84. The number of rotatable bonds is 3. The van der Waals surface area contributed by atoms with E-state index in [0.29, 0.717) is 6.42 Å². The van der Waals surface area contributed by atoms with Gasteiger partial charge in [0.2, 0.25) is 0 Å². The molecule has 0 fully saturated rings. The smallest absolute Gasteiger partial charge is 0.311 e. The van der Waals surface area contributed by atoms with Gasteiger partial charge in [0.15, 0.2) is 0 Å². The second-order valence-corrected chi connectivity index (χ2v) is 4.07. The molecule has 0 radical (unpaired) electrons. The predicted molar refractivity (Wildman–Crippen MR) is 52.7 cm³/mol. The van der Waals surface area contributed by atoms with E-state index in [2.05, 4.69) is 15.9 Å². The molecule has 0 saturated heterocycles. The van der Waals surface area contributed by atoms with Gasteiger partial charge in [0.1, 0.15) is 0 Å². The second kappa shape index (κ2) is 4.05. The number of carbonyl (C=O) groups is 1. The van der Waals surface area contributed by atoms with E-state index < -0.39 is 5.97 Å². The Bertz CT molecular complexity index is 282. The standard InChI is InChI=1S/C8H9BrO2S/c1-2-5(8(10)11)6-3-12-4-7(6)9/h3-5H,2H2,1H3,(H,10,11). The second-order valence-electron chi connectivity index (χ2n) is 2.47. The van der Waals surface area contributed by atoms with Gasteiger partial charge in [-0.2, -0.15) is 11.3 Å². The van der Waals surface area contributed by atoms with E-state index >= 15 is 0 Å². The Morgan fingerprint density at radius 1 is 1.75 bits per heavy atom. The zero-order valence-corrected chi connectivity index (χ0v) is 8.98. The van der Waals surface area contributed by atoms with Crippen molar-refractivity contribution in [3.63, 3.8) is 0 Å². The van der Waals surface area contributed by atoms with Crippen molar-refractivity contribution in [3.8, 4) is 0 Å². The van der Waals surface area contributed by atoms with Crippen LogP contribution in [-0.2, 0) is 4.79 Å². The van der Waals surface area contributed by atoms with Crippen molar-refractivity contribution >= 4 is 33.2 Å². The zero-order chi connectivity index (χ0) is 9.14.